The first-order valence-corrected chi connectivity index (χ1v) is 5.57. The number of nitrogens with one attached hydrogen (secondary N) is 1. The summed E-state index contributed by atoms with van der Waals surface area (Å²) in [7, 11) is 0. The Morgan fingerprint density at radius 2 is 2.06 bits per heavy atom. The van der Waals surface area contributed by atoms with Gasteiger partial charge in [0.15, 0.2) is 0 Å². The molecule has 1 aromatic carbocycles. The molecule has 1 aromatic rings. The van der Waals surface area contributed by atoms with Crippen LogP contribution in [-0.2, 0) is 11.3 Å². The van der Waals surface area contributed by atoms with Gasteiger partial charge in [-0.05, 0) is 13.8 Å². The molecule has 0 saturated carbocycles. The summed E-state index contributed by atoms with van der Waals surface area (Å²) >= 11 is 0. The van der Waals surface area contributed by atoms with Crippen molar-refractivity contribution in [2.24, 2.45) is 5.73 Å². The van der Waals surface area contributed by atoms with E-state index in [-0.39, 0.29) is 12.1 Å². The Labute approximate surface area is 105 Å². The first kappa shape index (κ1) is 14.1. The van der Waals surface area contributed by atoms with E-state index in [2.05, 4.69) is 5.32 Å². The van der Waals surface area contributed by atoms with E-state index in [1.54, 1.807) is 18.2 Å². The number of nitrogens with zero attached hydrogens (tertiary/aromatic N) is 1. The van der Waals surface area contributed by atoms with Crippen LogP contribution >= 0.6 is 0 Å². The number of para-hydroxylation sites is 1. The number of hydrogen-bond acceptors (Lipinski definition) is 4. The van der Waals surface area contributed by atoms with E-state index in [1.807, 2.05) is 13.8 Å². The summed E-state index contributed by atoms with van der Waals surface area (Å²) in [5, 5.41) is 13.9. The fraction of sp³-hybridized carbons (Fsp3) is 0.417. The van der Waals surface area contributed by atoms with Crippen LogP contribution < -0.4 is 11.1 Å². The number of nitrogens with two attached hydrogens (primary N) is 1. The van der Waals surface area contributed by atoms with E-state index in [0.29, 0.717) is 12.1 Å². The van der Waals surface area contributed by atoms with Gasteiger partial charge in [-0.1, -0.05) is 18.2 Å². The summed E-state index contributed by atoms with van der Waals surface area (Å²) in [5.74, 6) is -0.407. The highest BCUT2D eigenvalue weighted by Gasteiger charge is 2.21. The lowest BCUT2D eigenvalue weighted by atomic mass is 9.99. The number of carbonyl (C=O) groups is 1. The summed E-state index contributed by atoms with van der Waals surface area (Å²) in [6, 6.07) is 6.50. The fourth-order valence-electron chi connectivity index (χ4n) is 1.67. The predicted octanol–water partition coefficient (Wildman–Crippen LogP) is 1.34. The number of amides is 1. The van der Waals surface area contributed by atoms with Crippen molar-refractivity contribution in [3.05, 3.63) is 39.9 Å². The molecule has 0 bridgehead atoms. The maximum atomic E-state index is 10.9. The lowest BCUT2D eigenvalue weighted by Crippen LogP contribution is -2.42. The molecule has 6 heteroatoms. The Hall–Kier alpha value is -1.95. The number of primary amides is 1. The van der Waals surface area contributed by atoms with Gasteiger partial charge in [-0.2, -0.15) is 0 Å². The number of nitro groups is 1. The highest BCUT2D eigenvalue weighted by molar-refractivity contribution is 5.75. The molecule has 0 unspecified atom stereocenters. The van der Waals surface area contributed by atoms with Crippen molar-refractivity contribution in [2.75, 3.05) is 0 Å². The number of carbonyl (C=O) groups excluding carboxylic acids is 1. The number of hydrogen-bond donors (Lipinski definition) is 2. The first-order chi connectivity index (χ1) is 8.32. The summed E-state index contributed by atoms with van der Waals surface area (Å²) in [6.45, 7) is 3.97. The second kappa shape index (κ2) is 5.59. The van der Waals surface area contributed by atoms with Crippen LogP contribution in [0.1, 0.15) is 25.8 Å². The van der Waals surface area contributed by atoms with E-state index in [9.17, 15) is 14.9 Å². The van der Waals surface area contributed by atoms with Gasteiger partial charge in [-0.25, -0.2) is 0 Å². The van der Waals surface area contributed by atoms with E-state index >= 15 is 0 Å². The molecule has 3 N–H and O–H groups in total. The van der Waals surface area contributed by atoms with Crippen molar-refractivity contribution in [2.45, 2.75) is 32.4 Å². The van der Waals surface area contributed by atoms with E-state index in [1.165, 1.54) is 6.07 Å². The standard InChI is InChI=1S/C12H17N3O3/c1-12(2,7-11(13)16)14-8-9-5-3-4-6-10(9)15(17)18/h3-6,14H,7-8H2,1-2H3,(H2,13,16). The SMILES string of the molecule is CC(C)(CC(N)=O)NCc1ccccc1[N+](=O)[O-]. The molecular weight excluding hydrogens is 234 g/mol. The normalized spacial score (nSPS) is 11.2. The topological polar surface area (TPSA) is 98.3 Å². The van der Waals surface area contributed by atoms with E-state index in [0.717, 1.165) is 0 Å². The molecule has 0 heterocycles. The lowest BCUT2D eigenvalue weighted by molar-refractivity contribution is -0.385. The molecule has 18 heavy (non-hydrogen) atoms. The van der Waals surface area contributed by atoms with E-state index < -0.39 is 16.4 Å². The summed E-state index contributed by atoms with van der Waals surface area (Å²) in [4.78, 5) is 21.3. The first-order valence-electron chi connectivity index (χ1n) is 5.57. The maximum Gasteiger partial charge on any atom is 0.273 e. The van der Waals surface area contributed by atoms with Gasteiger partial charge in [-0.15, -0.1) is 0 Å². The highest BCUT2D eigenvalue weighted by Crippen LogP contribution is 2.18. The zero-order chi connectivity index (χ0) is 13.8. The molecule has 0 aliphatic heterocycles. The largest absolute Gasteiger partial charge is 0.370 e. The quantitative estimate of drug-likeness (QED) is 0.588. The summed E-state index contributed by atoms with van der Waals surface area (Å²) in [5.41, 5.74) is 5.30. The second-order valence-corrected chi connectivity index (χ2v) is 4.77. The van der Waals surface area contributed by atoms with Crippen molar-refractivity contribution < 1.29 is 9.72 Å². The Morgan fingerprint density at radius 3 is 2.61 bits per heavy atom. The Kier molecular flexibility index (Phi) is 4.38. The number of rotatable bonds is 6. The smallest absolute Gasteiger partial charge is 0.273 e. The molecule has 1 rings (SSSR count). The Bertz CT molecular complexity index is 458. The van der Waals surface area contributed by atoms with Gasteiger partial charge >= 0.3 is 0 Å². The van der Waals surface area contributed by atoms with Crippen LogP contribution in [0.5, 0.6) is 0 Å². The molecule has 0 saturated heterocycles. The predicted molar refractivity (Wildman–Crippen MR) is 67.8 cm³/mol. The highest BCUT2D eigenvalue weighted by atomic mass is 16.6. The summed E-state index contributed by atoms with van der Waals surface area (Å²) in [6.07, 6.45) is 0.174. The summed E-state index contributed by atoms with van der Waals surface area (Å²) < 4.78 is 0. The fourth-order valence-corrected chi connectivity index (χ4v) is 1.67. The van der Waals surface area contributed by atoms with Gasteiger partial charge in [0.05, 0.1) is 4.92 Å². The number of nitro benzene ring substituents is 1. The van der Waals surface area contributed by atoms with Crippen molar-refractivity contribution in [1.29, 1.82) is 0 Å². The minimum absolute atomic E-state index is 0.0693. The lowest BCUT2D eigenvalue weighted by Gasteiger charge is -2.24. The molecule has 0 aliphatic rings. The van der Waals surface area contributed by atoms with Crippen LogP contribution in [0.4, 0.5) is 5.69 Å². The Balaban J connectivity index is 2.74. The van der Waals surface area contributed by atoms with Gasteiger partial charge in [-0.3, -0.25) is 14.9 Å². The van der Waals surface area contributed by atoms with Crippen molar-refractivity contribution in [1.82, 2.24) is 5.32 Å². The third kappa shape index (κ3) is 4.14. The van der Waals surface area contributed by atoms with Crippen LogP contribution in [-0.4, -0.2) is 16.4 Å². The average molecular weight is 251 g/mol. The monoisotopic (exact) mass is 251 g/mol. The molecule has 0 aromatic heterocycles. The van der Waals surface area contributed by atoms with Crippen LogP contribution in [0.3, 0.4) is 0 Å². The third-order valence-corrected chi connectivity index (χ3v) is 2.56. The minimum Gasteiger partial charge on any atom is -0.370 e. The second-order valence-electron chi connectivity index (χ2n) is 4.77. The molecule has 6 nitrogen and oxygen atoms in total. The molecule has 0 radical (unpaired) electrons. The molecule has 0 spiro atoms. The van der Waals surface area contributed by atoms with Crippen LogP contribution in [0, 0.1) is 10.1 Å². The van der Waals surface area contributed by atoms with Gasteiger partial charge in [0.25, 0.3) is 5.69 Å². The van der Waals surface area contributed by atoms with Crippen molar-refractivity contribution in [3.63, 3.8) is 0 Å². The average Bonchev–Trinajstić information content (AvgIpc) is 2.25. The zero-order valence-corrected chi connectivity index (χ0v) is 10.5. The molecule has 0 fully saturated rings. The van der Waals surface area contributed by atoms with Crippen molar-refractivity contribution in [3.8, 4) is 0 Å². The van der Waals surface area contributed by atoms with Gasteiger partial charge in [0, 0.05) is 30.1 Å². The Morgan fingerprint density at radius 1 is 1.44 bits per heavy atom. The molecule has 0 atom stereocenters. The molecular formula is C12H17N3O3. The van der Waals surface area contributed by atoms with Gasteiger partial charge in [0.2, 0.25) is 5.91 Å². The number of benzene rings is 1. The zero-order valence-electron chi connectivity index (χ0n) is 10.5. The van der Waals surface area contributed by atoms with Crippen LogP contribution in [0.25, 0.3) is 0 Å². The minimum atomic E-state index is -0.491. The third-order valence-electron chi connectivity index (χ3n) is 2.56. The van der Waals surface area contributed by atoms with Crippen molar-refractivity contribution >= 4 is 11.6 Å². The van der Waals surface area contributed by atoms with E-state index in [4.69, 9.17) is 5.73 Å². The van der Waals surface area contributed by atoms with Crippen LogP contribution in [0.15, 0.2) is 24.3 Å². The molecule has 1 amide bonds. The van der Waals surface area contributed by atoms with Gasteiger partial charge in [0.1, 0.15) is 0 Å². The van der Waals surface area contributed by atoms with Crippen LogP contribution in [0.2, 0.25) is 0 Å². The maximum absolute atomic E-state index is 10.9. The molecule has 0 aliphatic carbocycles. The van der Waals surface area contributed by atoms with Gasteiger partial charge < -0.3 is 11.1 Å². The molecule has 98 valence electrons.